The van der Waals surface area contributed by atoms with Crippen molar-refractivity contribution < 1.29 is 23.5 Å². The van der Waals surface area contributed by atoms with Crippen molar-refractivity contribution in [2.75, 3.05) is 18.5 Å². The highest BCUT2D eigenvalue weighted by Crippen LogP contribution is 2.19. The fourth-order valence-electron chi connectivity index (χ4n) is 2.23. The molecule has 0 aliphatic carbocycles. The first kappa shape index (κ1) is 22.9. The Balaban J connectivity index is 2.31. The van der Waals surface area contributed by atoms with Crippen molar-refractivity contribution in [3.8, 4) is 0 Å². The molecule has 0 aliphatic rings. The number of anilines is 1. The monoisotopic (exact) mass is 433 g/mol. The summed E-state index contributed by atoms with van der Waals surface area (Å²) in [7, 11) is 0. The lowest BCUT2D eigenvalue weighted by Gasteiger charge is -2.11. The van der Waals surface area contributed by atoms with Crippen LogP contribution in [0.3, 0.4) is 0 Å². The standard InChI is InChI=1S/C21H21ClFN3O4/c1-3-29-20(27)15(18-7-5-6-10-24-18)12-26-19(21(28)30-4-2)13-25-14-8-9-17(23)16(22)11-14/h5-13,25-26H,3-4H2,1-2H3/b15-12+,19-13+. The van der Waals surface area contributed by atoms with E-state index in [4.69, 9.17) is 21.1 Å². The lowest BCUT2D eigenvalue weighted by molar-refractivity contribution is -0.139. The molecule has 158 valence electrons. The van der Waals surface area contributed by atoms with Crippen molar-refractivity contribution in [3.63, 3.8) is 0 Å². The largest absolute Gasteiger partial charge is 0.462 e. The highest BCUT2D eigenvalue weighted by molar-refractivity contribution is 6.31. The van der Waals surface area contributed by atoms with Gasteiger partial charge in [0.1, 0.15) is 17.1 Å². The van der Waals surface area contributed by atoms with Gasteiger partial charge in [-0.2, -0.15) is 0 Å². The molecule has 1 aromatic heterocycles. The highest BCUT2D eigenvalue weighted by Gasteiger charge is 2.16. The Morgan fingerprint density at radius 2 is 1.83 bits per heavy atom. The average molecular weight is 434 g/mol. The van der Waals surface area contributed by atoms with Crippen LogP contribution in [0.15, 0.2) is 60.7 Å². The van der Waals surface area contributed by atoms with E-state index in [0.717, 1.165) is 0 Å². The fourth-order valence-corrected chi connectivity index (χ4v) is 2.41. The van der Waals surface area contributed by atoms with E-state index in [9.17, 15) is 14.0 Å². The minimum atomic E-state index is -0.668. The lowest BCUT2D eigenvalue weighted by Crippen LogP contribution is -2.21. The molecule has 9 heteroatoms. The van der Waals surface area contributed by atoms with Crippen molar-refractivity contribution in [3.05, 3.63) is 77.2 Å². The summed E-state index contributed by atoms with van der Waals surface area (Å²) in [6.07, 6.45) is 4.16. The van der Waals surface area contributed by atoms with Gasteiger partial charge < -0.3 is 20.1 Å². The topological polar surface area (TPSA) is 89.6 Å². The Bertz CT molecular complexity index is 949. The Labute approximate surface area is 178 Å². The number of hydrogen-bond acceptors (Lipinski definition) is 7. The van der Waals surface area contributed by atoms with Crippen LogP contribution in [0.4, 0.5) is 10.1 Å². The zero-order valence-electron chi connectivity index (χ0n) is 16.4. The van der Waals surface area contributed by atoms with Crippen LogP contribution < -0.4 is 10.6 Å². The molecule has 0 saturated carbocycles. The number of rotatable bonds is 9. The van der Waals surface area contributed by atoms with E-state index in [0.29, 0.717) is 11.4 Å². The molecular formula is C21H21ClFN3O4. The molecule has 0 aliphatic heterocycles. The van der Waals surface area contributed by atoms with Gasteiger partial charge in [0.25, 0.3) is 0 Å². The normalized spacial score (nSPS) is 11.6. The third-order valence-electron chi connectivity index (χ3n) is 3.61. The number of ether oxygens (including phenoxy) is 2. The van der Waals surface area contributed by atoms with Crippen LogP contribution in [0.25, 0.3) is 5.57 Å². The van der Waals surface area contributed by atoms with Crippen LogP contribution in [0, 0.1) is 5.82 Å². The second kappa shape index (κ2) is 11.6. The highest BCUT2D eigenvalue weighted by atomic mass is 35.5. The van der Waals surface area contributed by atoms with Crippen LogP contribution >= 0.6 is 11.6 Å². The van der Waals surface area contributed by atoms with Gasteiger partial charge in [0.2, 0.25) is 0 Å². The maximum absolute atomic E-state index is 13.3. The Kier molecular flexibility index (Phi) is 8.83. The summed E-state index contributed by atoms with van der Waals surface area (Å²) >= 11 is 5.77. The van der Waals surface area contributed by atoms with E-state index < -0.39 is 17.8 Å². The molecule has 7 nitrogen and oxygen atoms in total. The summed E-state index contributed by atoms with van der Waals surface area (Å²) in [4.78, 5) is 28.8. The zero-order chi connectivity index (χ0) is 21.9. The fraction of sp³-hybridized carbons (Fsp3) is 0.190. The van der Waals surface area contributed by atoms with Gasteiger partial charge >= 0.3 is 11.9 Å². The van der Waals surface area contributed by atoms with Gasteiger partial charge in [-0.3, -0.25) is 4.98 Å². The molecule has 1 heterocycles. The number of carbonyl (C=O) groups excluding carboxylic acids is 2. The molecule has 0 fully saturated rings. The van der Waals surface area contributed by atoms with E-state index in [2.05, 4.69) is 15.6 Å². The summed E-state index contributed by atoms with van der Waals surface area (Å²) in [5.74, 6) is -1.84. The van der Waals surface area contributed by atoms with Crippen molar-refractivity contribution in [2.45, 2.75) is 13.8 Å². The van der Waals surface area contributed by atoms with Crippen LogP contribution in [0.2, 0.25) is 5.02 Å². The number of nitrogens with one attached hydrogen (secondary N) is 2. The van der Waals surface area contributed by atoms with Gasteiger partial charge in [0.05, 0.1) is 23.9 Å². The van der Waals surface area contributed by atoms with Crippen LogP contribution in [0.5, 0.6) is 0 Å². The number of hydrogen-bond donors (Lipinski definition) is 2. The predicted octanol–water partition coefficient (Wildman–Crippen LogP) is 3.88. The minimum absolute atomic E-state index is 0.00460. The van der Waals surface area contributed by atoms with Crippen molar-refractivity contribution in [2.24, 2.45) is 0 Å². The van der Waals surface area contributed by atoms with Crippen molar-refractivity contribution in [1.29, 1.82) is 0 Å². The number of aromatic nitrogens is 1. The number of nitrogens with zero attached hydrogens (tertiary/aromatic N) is 1. The van der Waals surface area contributed by atoms with Gasteiger partial charge in [-0.1, -0.05) is 17.7 Å². The molecule has 0 unspecified atom stereocenters. The molecule has 2 aromatic rings. The maximum atomic E-state index is 13.3. The van der Waals surface area contributed by atoms with E-state index in [1.165, 1.54) is 36.8 Å². The lowest BCUT2D eigenvalue weighted by atomic mass is 10.2. The molecule has 2 rings (SSSR count). The summed E-state index contributed by atoms with van der Waals surface area (Å²) < 4.78 is 23.4. The van der Waals surface area contributed by atoms with Crippen molar-refractivity contribution >= 4 is 34.8 Å². The molecule has 0 spiro atoms. The zero-order valence-corrected chi connectivity index (χ0v) is 17.2. The third kappa shape index (κ3) is 6.59. The number of carbonyl (C=O) groups is 2. The second-order valence-electron chi connectivity index (χ2n) is 5.69. The quantitative estimate of drug-likeness (QED) is 0.458. The van der Waals surface area contributed by atoms with E-state index in [-0.39, 0.29) is 29.5 Å². The van der Waals surface area contributed by atoms with E-state index in [1.807, 2.05) is 0 Å². The number of pyridine rings is 1. The molecule has 30 heavy (non-hydrogen) atoms. The van der Waals surface area contributed by atoms with E-state index >= 15 is 0 Å². The molecule has 0 radical (unpaired) electrons. The third-order valence-corrected chi connectivity index (χ3v) is 3.90. The van der Waals surface area contributed by atoms with Gasteiger partial charge in [-0.25, -0.2) is 14.0 Å². The Hall–Kier alpha value is -3.39. The molecule has 0 amide bonds. The smallest absolute Gasteiger partial charge is 0.356 e. The van der Waals surface area contributed by atoms with Gasteiger partial charge in [-0.15, -0.1) is 0 Å². The summed E-state index contributed by atoms with van der Waals surface area (Å²) in [5, 5.41) is 5.51. The Morgan fingerprint density at radius 3 is 2.47 bits per heavy atom. The van der Waals surface area contributed by atoms with Crippen LogP contribution in [-0.4, -0.2) is 30.1 Å². The van der Waals surface area contributed by atoms with Gasteiger partial charge in [0, 0.05) is 24.3 Å². The number of benzene rings is 1. The molecular weight excluding hydrogens is 413 g/mol. The van der Waals surface area contributed by atoms with Crippen LogP contribution in [-0.2, 0) is 19.1 Å². The van der Waals surface area contributed by atoms with Crippen LogP contribution in [0.1, 0.15) is 19.5 Å². The molecule has 2 N–H and O–H groups in total. The minimum Gasteiger partial charge on any atom is -0.462 e. The van der Waals surface area contributed by atoms with Gasteiger partial charge in [-0.05, 0) is 44.2 Å². The maximum Gasteiger partial charge on any atom is 0.356 e. The summed E-state index contributed by atoms with van der Waals surface area (Å²) in [6, 6.07) is 9.07. The number of esters is 2. The first-order chi connectivity index (χ1) is 14.5. The van der Waals surface area contributed by atoms with Gasteiger partial charge in [0.15, 0.2) is 0 Å². The number of halogens is 2. The first-order valence-electron chi connectivity index (χ1n) is 9.10. The average Bonchev–Trinajstić information content (AvgIpc) is 2.74. The van der Waals surface area contributed by atoms with Crippen molar-refractivity contribution in [1.82, 2.24) is 10.3 Å². The SMILES string of the molecule is CCOC(=O)/C(=C\Nc1ccc(F)c(Cl)c1)N/C=C(/C(=O)OCC)c1ccccn1. The summed E-state index contributed by atoms with van der Waals surface area (Å²) in [6.45, 7) is 3.67. The molecule has 0 bridgehead atoms. The molecule has 0 atom stereocenters. The van der Waals surface area contributed by atoms with E-state index in [1.54, 1.807) is 32.0 Å². The Morgan fingerprint density at radius 1 is 1.10 bits per heavy atom. The molecule has 0 saturated heterocycles. The summed E-state index contributed by atoms with van der Waals surface area (Å²) in [5.41, 5.74) is 0.932. The predicted molar refractivity (Wildman–Crippen MR) is 112 cm³/mol. The second-order valence-corrected chi connectivity index (χ2v) is 6.10. The molecule has 1 aromatic carbocycles. The first-order valence-corrected chi connectivity index (χ1v) is 9.48.